The zero-order valence-corrected chi connectivity index (χ0v) is 16.3. The zero-order chi connectivity index (χ0) is 17.8. The molecule has 0 radical (unpaired) electrons. The van der Waals surface area contributed by atoms with Gasteiger partial charge in [-0.05, 0) is 64.7 Å². The summed E-state index contributed by atoms with van der Waals surface area (Å²) < 4.78 is 0.924. The maximum atomic E-state index is 12.6. The van der Waals surface area contributed by atoms with Gasteiger partial charge < -0.3 is 10.2 Å². The number of halogens is 1. The van der Waals surface area contributed by atoms with Crippen LogP contribution in [0.3, 0.4) is 0 Å². The van der Waals surface area contributed by atoms with Crippen molar-refractivity contribution in [2.45, 2.75) is 26.3 Å². The van der Waals surface area contributed by atoms with Gasteiger partial charge in [0.25, 0.3) is 5.91 Å². The number of rotatable bonds is 4. The minimum absolute atomic E-state index is 0.0658. The summed E-state index contributed by atoms with van der Waals surface area (Å²) >= 11 is 3.52. The Morgan fingerprint density at radius 2 is 1.96 bits per heavy atom. The van der Waals surface area contributed by atoms with E-state index in [2.05, 4.69) is 51.6 Å². The van der Waals surface area contributed by atoms with Gasteiger partial charge in [0.1, 0.15) is 0 Å². The first kappa shape index (κ1) is 17.9. The van der Waals surface area contributed by atoms with Crippen molar-refractivity contribution in [2.75, 3.05) is 18.4 Å². The molecule has 0 aliphatic carbocycles. The van der Waals surface area contributed by atoms with Gasteiger partial charge in [-0.2, -0.15) is 0 Å². The largest absolute Gasteiger partial charge is 0.321 e. The summed E-state index contributed by atoms with van der Waals surface area (Å²) in [5.74, 6) is 0.0658. The molecule has 1 aliphatic heterocycles. The number of quaternary nitrogens is 1. The molecular formula is C21H24BrN2O+. The molecule has 1 unspecified atom stereocenters. The van der Waals surface area contributed by atoms with E-state index in [0.717, 1.165) is 35.2 Å². The summed E-state index contributed by atoms with van der Waals surface area (Å²) in [6.45, 7) is 5.90. The summed E-state index contributed by atoms with van der Waals surface area (Å²) in [4.78, 5) is 13.9. The number of amides is 1. The van der Waals surface area contributed by atoms with E-state index in [1.54, 1.807) is 0 Å². The number of anilines is 1. The van der Waals surface area contributed by atoms with Crippen molar-refractivity contribution in [3.8, 4) is 0 Å². The Labute approximate surface area is 157 Å². The molecule has 2 aromatic rings. The van der Waals surface area contributed by atoms with E-state index in [9.17, 15) is 4.79 Å². The fourth-order valence-electron chi connectivity index (χ4n) is 3.21. The average molecular weight is 400 g/mol. The summed E-state index contributed by atoms with van der Waals surface area (Å²) in [6, 6.07) is 16.4. The smallest absolute Gasteiger partial charge is 0.282 e. The number of hydrogen-bond donors (Lipinski definition) is 2. The molecule has 4 heteroatoms. The Bertz CT molecular complexity index is 786. The standard InChI is InChI=1S/C21H23BrN2O/c1-15-8-9-20(19(22)14-15)23-21(25)16(2)24-12-10-18(11-13-24)17-6-4-3-5-7-17/h3-10,14,16H,11-13H2,1-2H3,(H,23,25)/p+1/t16-/m0/s1. The molecule has 0 aromatic heterocycles. The van der Waals surface area contributed by atoms with Gasteiger partial charge in [-0.3, -0.25) is 4.79 Å². The molecule has 25 heavy (non-hydrogen) atoms. The van der Waals surface area contributed by atoms with Crippen LogP contribution < -0.4 is 10.2 Å². The van der Waals surface area contributed by atoms with Crippen LogP contribution in [0.4, 0.5) is 5.69 Å². The molecule has 2 aromatic carbocycles. The number of nitrogens with one attached hydrogen (secondary N) is 2. The van der Waals surface area contributed by atoms with E-state index in [-0.39, 0.29) is 11.9 Å². The van der Waals surface area contributed by atoms with Gasteiger partial charge in [-0.25, -0.2) is 0 Å². The second-order valence-electron chi connectivity index (χ2n) is 6.65. The molecule has 2 atom stereocenters. The highest BCUT2D eigenvalue weighted by Gasteiger charge is 2.27. The first-order valence-electron chi connectivity index (χ1n) is 8.70. The van der Waals surface area contributed by atoms with Crippen LogP contribution in [-0.2, 0) is 4.79 Å². The van der Waals surface area contributed by atoms with E-state index in [4.69, 9.17) is 0 Å². The molecule has 3 rings (SSSR count). The molecule has 0 bridgehead atoms. The van der Waals surface area contributed by atoms with Crippen LogP contribution in [0.5, 0.6) is 0 Å². The van der Waals surface area contributed by atoms with E-state index in [1.807, 2.05) is 38.1 Å². The van der Waals surface area contributed by atoms with Gasteiger partial charge in [0.05, 0.1) is 18.8 Å². The molecule has 0 fully saturated rings. The molecule has 1 heterocycles. The van der Waals surface area contributed by atoms with Crippen molar-refractivity contribution in [3.05, 3.63) is 70.2 Å². The van der Waals surface area contributed by atoms with E-state index in [1.165, 1.54) is 16.0 Å². The lowest BCUT2D eigenvalue weighted by Gasteiger charge is -2.28. The minimum Gasteiger partial charge on any atom is -0.321 e. The van der Waals surface area contributed by atoms with Crippen LogP contribution in [0, 0.1) is 6.92 Å². The van der Waals surface area contributed by atoms with Crippen molar-refractivity contribution in [1.82, 2.24) is 0 Å². The first-order chi connectivity index (χ1) is 12.0. The SMILES string of the molecule is Cc1ccc(NC(=O)[C@H](C)[NH+]2CC=C(c3ccccc3)CC2)c(Br)c1. The van der Waals surface area contributed by atoms with Gasteiger partial charge in [0.2, 0.25) is 0 Å². The number of carbonyl (C=O) groups excluding carboxylic acids is 1. The Balaban J connectivity index is 1.63. The van der Waals surface area contributed by atoms with Crippen molar-refractivity contribution in [3.63, 3.8) is 0 Å². The number of hydrogen-bond acceptors (Lipinski definition) is 1. The third-order valence-corrected chi connectivity index (χ3v) is 5.51. The molecule has 130 valence electrons. The van der Waals surface area contributed by atoms with Crippen LogP contribution in [0.1, 0.15) is 24.5 Å². The molecular weight excluding hydrogens is 376 g/mol. The predicted molar refractivity (Wildman–Crippen MR) is 107 cm³/mol. The van der Waals surface area contributed by atoms with Gasteiger partial charge in [-0.1, -0.05) is 36.4 Å². The van der Waals surface area contributed by atoms with Crippen LogP contribution in [0.15, 0.2) is 59.1 Å². The van der Waals surface area contributed by atoms with Gasteiger partial charge in [0, 0.05) is 10.9 Å². The minimum atomic E-state index is -0.0817. The fraction of sp³-hybridized carbons (Fsp3) is 0.286. The Hall–Kier alpha value is -1.91. The predicted octanol–water partition coefficient (Wildman–Crippen LogP) is 3.46. The van der Waals surface area contributed by atoms with Crippen molar-refractivity contribution in [2.24, 2.45) is 0 Å². The lowest BCUT2D eigenvalue weighted by atomic mass is 9.99. The quantitative estimate of drug-likeness (QED) is 0.810. The normalized spacial score (nSPS) is 18.4. The number of benzene rings is 2. The Morgan fingerprint density at radius 1 is 1.20 bits per heavy atom. The van der Waals surface area contributed by atoms with Crippen LogP contribution >= 0.6 is 15.9 Å². The van der Waals surface area contributed by atoms with E-state index < -0.39 is 0 Å². The molecule has 1 aliphatic rings. The molecule has 0 saturated carbocycles. The second-order valence-corrected chi connectivity index (χ2v) is 7.51. The molecule has 3 nitrogen and oxygen atoms in total. The molecule has 0 spiro atoms. The highest BCUT2D eigenvalue weighted by atomic mass is 79.9. The number of aryl methyl sites for hydroxylation is 1. The molecule has 1 amide bonds. The van der Waals surface area contributed by atoms with Crippen LogP contribution in [0.25, 0.3) is 5.57 Å². The third-order valence-electron chi connectivity index (χ3n) is 4.86. The van der Waals surface area contributed by atoms with Crippen molar-refractivity contribution >= 4 is 33.1 Å². The summed E-state index contributed by atoms with van der Waals surface area (Å²) in [5, 5.41) is 3.05. The highest BCUT2D eigenvalue weighted by molar-refractivity contribution is 9.10. The molecule has 2 N–H and O–H groups in total. The van der Waals surface area contributed by atoms with Gasteiger partial charge in [0.15, 0.2) is 6.04 Å². The summed E-state index contributed by atoms with van der Waals surface area (Å²) in [7, 11) is 0. The fourth-order valence-corrected chi connectivity index (χ4v) is 3.80. The third kappa shape index (κ3) is 4.39. The second kappa shape index (κ2) is 7.98. The van der Waals surface area contributed by atoms with Crippen molar-refractivity contribution < 1.29 is 9.69 Å². The van der Waals surface area contributed by atoms with Crippen LogP contribution in [0.2, 0.25) is 0 Å². The maximum Gasteiger partial charge on any atom is 0.282 e. The molecule has 0 saturated heterocycles. The average Bonchev–Trinajstić information content (AvgIpc) is 2.64. The maximum absolute atomic E-state index is 12.6. The van der Waals surface area contributed by atoms with Crippen molar-refractivity contribution in [1.29, 1.82) is 0 Å². The van der Waals surface area contributed by atoms with E-state index >= 15 is 0 Å². The van der Waals surface area contributed by atoms with E-state index in [0.29, 0.717) is 0 Å². The summed E-state index contributed by atoms with van der Waals surface area (Å²) in [6.07, 6.45) is 3.28. The summed E-state index contributed by atoms with van der Waals surface area (Å²) in [5.41, 5.74) is 4.68. The zero-order valence-electron chi connectivity index (χ0n) is 14.7. The highest BCUT2D eigenvalue weighted by Crippen LogP contribution is 2.23. The van der Waals surface area contributed by atoms with Crippen LogP contribution in [-0.4, -0.2) is 25.0 Å². The van der Waals surface area contributed by atoms with Gasteiger partial charge in [-0.15, -0.1) is 0 Å². The lowest BCUT2D eigenvalue weighted by molar-refractivity contribution is -0.909. The Morgan fingerprint density at radius 3 is 2.60 bits per heavy atom. The topological polar surface area (TPSA) is 33.5 Å². The van der Waals surface area contributed by atoms with Gasteiger partial charge >= 0.3 is 0 Å². The number of carbonyl (C=O) groups is 1. The first-order valence-corrected chi connectivity index (χ1v) is 9.50. The Kier molecular flexibility index (Phi) is 5.71. The monoisotopic (exact) mass is 399 g/mol. The lowest BCUT2D eigenvalue weighted by Crippen LogP contribution is -3.17.